The highest BCUT2D eigenvalue weighted by Crippen LogP contribution is 2.09. The molecule has 0 amide bonds. The van der Waals surface area contributed by atoms with Crippen LogP contribution in [0.2, 0.25) is 0 Å². The fraction of sp³-hybridized carbons (Fsp3) is 0.538. The second-order valence-electron chi connectivity index (χ2n) is 4.24. The molecule has 1 rings (SSSR count). The zero-order valence-corrected chi connectivity index (χ0v) is 10.4. The van der Waals surface area contributed by atoms with Gasteiger partial charge in [0, 0.05) is 26.2 Å². The lowest BCUT2D eigenvalue weighted by atomic mass is 10.1. The molecule has 90 valence electrons. The summed E-state index contributed by atoms with van der Waals surface area (Å²) in [6.07, 6.45) is 0. The fourth-order valence-corrected chi connectivity index (χ4v) is 1.67. The average molecular weight is 222 g/mol. The van der Waals surface area contributed by atoms with Crippen molar-refractivity contribution < 1.29 is 4.74 Å². The van der Waals surface area contributed by atoms with Crippen LogP contribution >= 0.6 is 0 Å². The summed E-state index contributed by atoms with van der Waals surface area (Å²) < 4.78 is 5.15. The Kier molecular flexibility index (Phi) is 5.46. The lowest BCUT2D eigenvalue weighted by Gasteiger charge is -2.24. The van der Waals surface area contributed by atoms with Crippen LogP contribution in [0.25, 0.3) is 0 Å². The second kappa shape index (κ2) is 6.63. The van der Waals surface area contributed by atoms with Crippen LogP contribution in [0, 0.1) is 0 Å². The molecule has 0 aliphatic rings. The van der Waals surface area contributed by atoms with Gasteiger partial charge in [0.05, 0.1) is 6.61 Å². The first kappa shape index (κ1) is 13.2. The SMILES string of the molecule is COCC(C)N(C)Cc1cccc(CN)c1. The van der Waals surface area contributed by atoms with Gasteiger partial charge in [-0.3, -0.25) is 4.90 Å². The molecular weight excluding hydrogens is 200 g/mol. The molecule has 0 bridgehead atoms. The Balaban J connectivity index is 2.58. The maximum atomic E-state index is 5.62. The van der Waals surface area contributed by atoms with Crippen molar-refractivity contribution in [1.82, 2.24) is 4.90 Å². The number of hydrogen-bond donors (Lipinski definition) is 1. The second-order valence-corrected chi connectivity index (χ2v) is 4.24. The minimum absolute atomic E-state index is 0.423. The summed E-state index contributed by atoms with van der Waals surface area (Å²) in [4.78, 5) is 2.28. The van der Waals surface area contributed by atoms with E-state index < -0.39 is 0 Å². The molecule has 1 atom stereocenters. The Morgan fingerprint density at radius 1 is 1.38 bits per heavy atom. The number of benzene rings is 1. The summed E-state index contributed by atoms with van der Waals surface area (Å²) in [5.41, 5.74) is 8.11. The third-order valence-electron chi connectivity index (χ3n) is 2.82. The smallest absolute Gasteiger partial charge is 0.0615 e. The number of likely N-dealkylation sites (N-methyl/N-ethyl adjacent to an activating group) is 1. The third-order valence-corrected chi connectivity index (χ3v) is 2.82. The van der Waals surface area contributed by atoms with Crippen LogP contribution in [0.3, 0.4) is 0 Å². The lowest BCUT2D eigenvalue weighted by molar-refractivity contribution is 0.112. The van der Waals surface area contributed by atoms with Crippen molar-refractivity contribution in [2.24, 2.45) is 5.73 Å². The summed E-state index contributed by atoms with van der Waals surface area (Å²) in [6.45, 7) is 4.45. The number of nitrogens with two attached hydrogens (primary N) is 1. The number of ether oxygens (including phenoxy) is 1. The summed E-state index contributed by atoms with van der Waals surface area (Å²) in [6, 6.07) is 8.84. The number of hydrogen-bond acceptors (Lipinski definition) is 3. The van der Waals surface area contributed by atoms with Crippen LogP contribution in [-0.2, 0) is 17.8 Å². The van der Waals surface area contributed by atoms with Gasteiger partial charge >= 0.3 is 0 Å². The van der Waals surface area contributed by atoms with E-state index in [2.05, 4.69) is 43.1 Å². The maximum absolute atomic E-state index is 5.62. The minimum Gasteiger partial charge on any atom is -0.383 e. The first-order valence-electron chi connectivity index (χ1n) is 5.64. The van der Waals surface area contributed by atoms with Gasteiger partial charge < -0.3 is 10.5 Å². The average Bonchev–Trinajstić information content (AvgIpc) is 2.29. The van der Waals surface area contributed by atoms with E-state index in [0.717, 1.165) is 13.2 Å². The van der Waals surface area contributed by atoms with Gasteiger partial charge in [-0.2, -0.15) is 0 Å². The molecule has 3 nitrogen and oxygen atoms in total. The Labute approximate surface area is 98.2 Å². The first-order valence-corrected chi connectivity index (χ1v) is 5.64. The van der Waals surface area contributed by atoms with E-state index in [-0.39, 0.29) is 0 Å². The first-order chi connectivity index (χ1) is 7.67. The van der Waals surface area contributed by atoms with Crippen molar-refractivity contribution >= 4 is 0 Å². The monoisotopic (exact) mass is 222 g/mol. The highest BCUT2D eigenvalue weighted by molar-refractivity contribution is 5.23. The van der Waals surface area contributed by atoms with E-state index >= 15 is 0 Å². The van der Waals surface area contributed by atoms with Crippen LogP contribution < -0.4 is 5.73 Å². The van der Waals surface area contributed by atoms with Crippen molar-refractivity contribution in [1.29, 1.82) is 0 Å². The highest BCUT2D eigenvalue weighted by atomic mass is 16.5. The van der Waals surface area contributed by atoms with E-state index in [1.165, 1.54) is 11.1 Å². The van der Waals surface area contributed by atoms with Crippen molar-refractivity contribution in [3.63, 3.8) is 0 Å². The molecular formula is C13H22N2O. The molecule has 0 saturated heterocycles. The standard InChI is InChI=1S/C13H22N2O/c1-11(10-16-3)15(2)9-13-6-4-5-12(7-13)8-14/h4-7,11H,8-10,14H2,1-3H3. The molecule has 3 heteroatoms. The number of rotatable bonds is 6. The molecule has 0 aliphatic carbocycles. The summed E-state index contributed by atoms with van der Waals surface area (Å²) in [7, 11) is 3.85. The van der Waals surface area contributed by atoms with Crippen LogP contribution in [0.4, 0.5) is 0 Å². The predicted octanol–water partition coefficient (Wildman–Crippen LogP) is 1.61. The lowest BCUT2D eigenvalue weighted by Crippen LogP contribution is -2.32. The largest absolute Gasteiger partial charge is 0.383 e. The quantitative estimate of drug-likeness (QED) is 0.794. The molecule has 0 fully saturated rings. The van der Waals surface area contributed by atoms with Gasteiger partial charge in [0.25, 0.3) is 0 Å². The Bertz CT molecular complexity index is 315. The van der Waals surface area contributed by atoms with Gasteiger partial charge in [0.15, 0.2) is 0 Å². The van der Waals surface area contributed by atoms with E-state index in [9.17, 15) is 0 Å². The summed E-state index contributed by atoms with van der Waals surface area (Å²) >= 11 is 0. The van der Waals surface area contributed by atoms with Crippen LogP contribution in [0.5, 0.6) is 0 Å². The van der Waals surface area contributed by atoms with Crippen LogP contribution in [0.1, 0.15) is 18.1 Å². The van der Waals surface area contributed by atoms with Gasteiger partial charge in [-0.25, -0.2) is 0 Å². The predicted molar refractivity (Wildman–Crippen MR) is 67.1 cm³/mol. The zero-order valence-electron chi connectivity index (χ0n) is 10.4. The Morgan fingerprint density at radius 3 is 2.69 bits per heavy atom. The van der Waals surface area contributed by atoms with Crippen molar-refractivity contribution in [3.8, 4) is 0 Å². The third kappa shape index (κ3) is 3.93. The molecule has 0 radical (unpaired) electrons. The summed E-state index contributed by atoms with van der Waals surface area (Å²) in [5.74, 6) is 0. The Hall–Kier alpha value is -0.900. The molecule has 1 unspecified atom stereocenters. The van der Waals surface area contributed by atoms with E-state index in [1.807, 2.05) is 0 Å². The number of nitrogens with zero attached hydrogens (tertiary/aromatic N) is 1. The van der Waals surface area contributed by atoms with Gasteiger partial charge in [0.1, 0.15) is 0 Å². The minimum atomic E-state index is 0.423. The van der Waals surface area contributed by atoms with Crippen LogP contribution in [0.15, 0.2) is 24.3 Å². The van der Waals surface area contributed by atoms with Crippen molar-refractivity contribution in [3.05, 3.63) is 35.4 Å². The van der Waals surface area contributed by atoms with Gasteiger partial charge in [-0.1, -0.05) is 24.3 Å². The van der Waals surface area contributed by atoms with Gasteiger partial charge in [-0.15, -0.1) is 0 Å². The topological polar surface area (TPSA) is 38.5 Å². The van der Waals surface area contributed by atoms with Crippen molar-refractivity contribution in [2.75, 3.05) is 20.8 Å². The molecule has 1 aromatic carbocycles. The molecule has 0 aliphatic heterocycles. The molecule has 0 spiro atoms. The zero-order chi connectivity index (χ0) is 12.0. The molecule has 16 heavy (non-hydrogen) atoms. The molecule has 0 saturated carbocycles. The molecule has 0 aromatic heterocycles. The van der Waals surface area contributed by atoms with Gasteiger partial charge in [0.2, 0.25) is 0 Å². The van der Waals surface area contributed by atoms with E-state index in [4.69, 9.17) is 10.5 Å². The fourth-order valence-electron chi connectivity index (χ4n) is 1.67. The van der Waals surface area contributed by atoms with Crippen LogP contribution in [-0.4, -0.2) is 31.7 Å². The van der Waals surface area contributed by atoms with Crippen molar-refractivity contribution in [2.45, 2.75) is 26.1 Å². The van der Waals surface area contributed by atoms with E-state index in [1.54, 1.807) is 7.11 Å². The maximum Gasteiger partial charge on any atom is 0.0615 e. The summed E-state index contributed by atoms with van der Waals surface area (Å²) in [5, 5.41) is 0. The molecule has 1 aromatic rings. The molecule has 2 N–H and O–H groups in total. The molecule has 0 heterocycles. The highest BCUT2D eigenvalue weighted by Gasteiger charge is 2.09. The number of methoxy groups -OCH3 is 1. The normalized spacial score (nSPS) is 13.1. The van der Waals surface area contributed by atoms with Gasteiger partial charge in [-0.05, 0) is 25.1 Å². The van der Waals surface area contributed by atoms with E-state index in [0.29, 0.717) is 12.6 Å². The Morgan fingerprint density at radius 2 is 2.06 bits per heavy atom.